The van der Waals surface area contributed by atoms with E-state index in [-0.39, 0.29) is 5.56 Å². The lowest BCUT2D eigenvalue weighted by atomic mass is 10.0. The summed E-state index contributed by atoms with van der Waals surface area (Å²) in [5.41, 5.74) is 2.01. The fraction of sp³-hybridized carbons (Fsp3) is 0.182. The predicted octanol–water partition coefficient (Wildman–Crippen LogP) is 2.81. The van der Waals surface area contributed by atoms with Gasteiger partial charge in [-0.25, -0.2) is 9.80 Å². The zero-order chi connectivity index (χ0) is 21.1. The van der Waals surface area contributed by atoms with Crippen LogP contribution in [-0.4, -0.2) is 34.2 Å². The van der Waals surface area contributed by atoms with Crippen LogP contribution < -0.4 is 5.56 Å². The summed E-state index contributed by atoms with van der Waals surface area (Å²) in [6.45, 7) is 1.45. The molecular formula is C22H19N3O5. The first-order valence-corrected chi connectivity index (χ1v) is 9.38. The minimum absolute atomic E-state index is 0.168. The Labute approximate surface area is 171 Å². The molecule has 0 unspecified atom stereocenters. The van der Waals surface area contributed by atoms with Crippen LogP contribution in [0.1, 0.15) is 39.7 Å². The van der Waals surface area contributed by atoms with Crippen molar-refractivity contribution in [2.24, 2.45) is 5.10 Å². The molecule has 0 aliphatic carbocycles. The molecule has 2 aromatic heterocycles. The van der Waals surface area contributed by atoms with Crippen LogP contribution in [0.3, 0.4) is 0 Å². The number of aryl methyl sites for hydroxylation is 1. The van der Waals surface area contributed by atoms with E-state index in [0.29, 0.717) is 12.2 Å². The summed E-state index contributed by atoms with van der Waals surface area (Å²) in [6.07, 6.45) is 3.40. The van der Waals surface area contributed by atoms with Gasteiger partial charge in [0, 0.05) is 12.6 Å². The van der Waals surface area contributed by atoms with Gasteiger partial charge in [0.05, 0.1) is 12.0 Å². The Bertz CT molecular complexity index is 1150. The number of furan rings is 1. The molecule has 1 aliphatic heterocycles. The van der Waals surface area contributed by atoms with Crippen LogP contribution in [0, 0.1) is 6.92 Å². The average Bonchev–Trinajstić information content (AvgIpc) is 3.42. The zero-order valence-corrected chi connectivity index (χ0v) is 16.2. The highest BCUT2D eigenvalue weighted by atomic mass is 16.5. The number of pyridine rings is 1. The number of nitrogens with one attached hydrogen (secondary N) is 1. The number of carbonyl (C=O) groups is 2. The van der Waals surface area contributed by atoms with Gasteiger partial charge in [-0.15, -0.1) is 0 Å². The fourth-order valence-corrected chi connectivity index (χ4v) is 3.22. The normalized spacial score (nSPS) is 15.7. The van der Waals surface area contributed by atoms with Gasteiger partial charge in [-0.2, -0.15) is 5.10 Å². The van der Waals surface area contributed by atoms with Crippen LogP contribution in [0.2, 0.25) is 0 Å². The minimum Gasteiger partial charge on any atom is -0.467 e. The van der Waals surface area contributed by atoms with E-state index in [0.717, 1.165) is 16.8 Å². The van der Waals surface area contributed by atoms with Crippen molar-refractivity contribution in [1.82, 2.24) is 9.99 Å². The molecule has 8 heteroatoms. The van der Waals surface area contributed by atoms with Crippen LogP contribution >= 0.6 is 0 Å². The number of esters is 1. The van der Waals surface area contributed by atoms with Gasteiger partial charge >= 0.3 is 5.97 Å². The maximum atomic E-state index is 12.8. The van der Waals surface area contributed by atoms with Gasteiger partial charge in [0.2, 0.25) is 0 Å². The van der Waals surface area contributed by atoms with Gasteiger partial charge in [0.1, 0.15) is 17.4 Å². The lowest BCUT2D eigenvalue weighted by Crippen LogP contribution is -2.32. The standard InChI is InChI=1S/C22H19N3O5/c1-14-6-8-15(9-7-14)17-12-18(19-5-3-11-29-19)25(24-17)20(26)13-30-22(28)16-4-2-10-23-21(16)27/h2-11,18H,12-13H2,1H3,(H,23,27)/t18-/m1/s1. The number of H-pyrrole nitrogens is 1. The highest BCUT2D eigenvalue weighted by molar-refractivity contribution is 6.03. The first kappa shape index (κ1) is 19.4. The summed E-state index contributed by atoms with van der Waals surface area (Å²) in [7, 11) is 0. The molecule has 152 valence electrons. The predicted molar refractivity (Wildman–Crippen MR) is 108 cm³/mol. The maximum Gasteiger partial charge on any atom is 0.344 e. The molecule has 0 fully saturated rings. The Morgan fingerprint density at radius 2 is 2.00 bits per heavy atom. The van der Waals surface area contributed by atoms with Gasteiger partial charge in [0.15, 0.2) is 6.61 Å². The molecule has 0 radical (unpaired) electrons. The smallest absolute Gasteiger partial charge is 0.344 e. The molecule has 1 atom stereocenters. The summed E-state index contributed by atoms with van der Waals surface area (Å²) >= 11 is 0. The zero-order valence-electron chi connectivity index (χ0n) is 16.2. The van der Waals surface area contributed by atoms with E-state index in [9.17, 15) is 14.4 Å². The molecule has 1 N–H and O–H groups in total. The van der Waals surface area contributed by atoms with Crippen molar-refractivity contribution in [3.8, 4) is 0 Å². The maximum absolute atomic E-state index is 12.8. The number of hydrazone groups is 1. The third kappa shape index (κ3) is 3.93. The Morgan fingerprint density at radius 3 is 2.70 bits per heavy atom. The lowest BCUT2D eigenvalue weighted by Gasteiger charge is -2.19. The van der Waals surface area contributed by atoms with Gasteiger partial charge in [-0.3, -0.25) is 9.59 Å². The quantitative estimate of drug-likeness (QED) is 0.657. The van der Waals surface area contributed by atoms with Crippen LogP contribution in [-0.2, 0) is 9.53 Å². The van der Waals surface area contributed by atoms with E-state index in [4.69, 9.17) is 9.15 Å². The first-order valence-electron chi connectivity index (χ1n) is 9.38. The molecule has 0 bridgehead atoms. The highest BCUT2D eigenvalue weighted by Gasteiger charge is 2.35. The number of rotatable bonds is 5. The SMILES string of the molecule is Cc1ccc(C2=NN(C(=O)COC(=O)c3ccc[nH]c3=O)[C@@H](c3ccco3)C2)cc1. The average molecular weight is 405 g/mol. The number of hydrogen-bond donors (Lipinski definition) is 1. The molecule has 3 heterocycles. The monoisotopic (exact) mass is 405 g/mol. The van der Waals surface area contributed by atoms with E-state index < -0.39 is 30.1 Å². The fourth-order valence-electron chi connectivity index (χ4n) is 3.22. The number of benzene rings is 1. The summed E-state index contributed by atoms with van der Waals surface area (Å²) < 4.78 is 10.5. The van der Waals surface area contributed by atoms with Crippen LogP contribution in [0.25, 0.3) is 0 Å². The summed E-state index contributed by atoms with van der Waals surface area (Å²) in [5, 5.41) is 5.75. The molecule has 1 aromatic carbocycles. The molecular weight excluding hydrogens is 386 g/mol. The summed E-state index contributed by atoms with van der Waals surface area (Å²) in [4.78, 5) is 39.1. The van der Waals surface area contributed by atoms with Crippen molar-refractivity contribution in [1.29, 1.82) is 0 Å². The van der Waals surface area contributed by atoms with Gasteiger partial charge < -0.3 is 14.1 Å². The van der Waals surface area contributed by atoms with E-state index in [1.165, 1.54) is 29.6 Å². The van der Waals surface area contributed by atoms with Crippen molar-refractivity contribution in [2.45, 2.75) is 19.4 Å². The van der Waals surface area contributed by atoms with E-state index in [1.54, 1.807) is 12.1 Å². The Morgan fingerprint density at radius 1 is 1.20 bits per heavy atom. The first-order chi connectivity index (χ1) is 14.5. The van der Waals surface area contributed by atoms with Crippen molar-refractivity contribution in [3.63, 3.8) is 0 Å². The van der Waals surface area contributed by atoms with E-state index in [1.807, 2.05) is 31.2 Å². The largest absolute Gasteiger partial charge is 0.467 e. The van der Waals surface area contributed by atoms with E-state index in [2.05, 4.69) is 10.1 Å². The number of aromatic nitrogens is 1. The molecule has 30 heavy (non-hydrogen) atoms. The summed E-state index contributed by atoms with van der Waals surface area (Å²) in [6, 6.07) is 13.8. The molecule has 4 rings (SSSR count). The van der Waals surface area contributed by atoms with Crippen molar-refractivity contribution in [2.75, 3.05) is 6.61 Å². The van der Waals surface area contributed by atoms with Crippen molar-refractivity contribution >= 4 is 17.6 Å². The molecule has 1 amide bonds. The lowest BCUT2D eigenvalue weighted by molar-refractivity contribution is -0.136. The Kier molecular flexibility index (Phi) is 5.30. The Hall–Kier alpha value is -3.94. The number of aromatic amines is 1. The molecule has 0 saturated carbocycles. The second-order valence-corrected chi connectivity index (χ2v) is 6.88. The van der Waals surface area contributed by atoms with Gasteiger partial charge in [0.25, 0.3) is 11.5 Å². The highest BCUT2D eigenvalue weighted by Crippen LogP contribution is 2.33. The third-order valence-electron chi connectivity index (χ3n) is 4.79. The van der Waals surface area contributed by atoms with Gasteiger partial charge in [-0.1, -0.05) is 29.8 Å². The van der Waals surface area contributed by atoms with Crippen molar-refractivity contribution < 1.29 is 18.7 Å². The molecule has 1 aliphatic rings. The second kappa shape index (κ2) is 8.20. The van der Waals surface area contributed by atoms with Crippen molar-refractivity contribution in [3.05, 3.63) is 93.8 Å². The van der Waals surface area contributed by atoms with Crippen LogP contribution in [0.5, 0.6) is 0 Å². The number of amides is 1. The molecule has 8 nitrogen and oxygen atoms in total. The molecule has 3 aromatic rings. The van der Waals surface area contributed by atoms with Gasteiger partial charge in [-0.05, 0) is 36.8 Å². The molecule has 0 saturated heterocycles. The minimum atomic E-state index is -0.873. The summed E-state index contributed by atoms with van der Waals surface area (Å²) in [5.74, 6) is -0.805. The number of hydrogen-bond acceptors (Lipinski definition) is 6. The number of ether oxygens (including phenoxy) is 1. The van der Waals surface area contributed by atoms with E-state index >= 15 is 0 Å². The second-order valence-electron chi connectivity index (χ2n) is 6.88. The topological polar surface area (TPSA) is 105 Å². The van der Waals surface area contributed by atoms with Crippen LogP contribution in [0.15, 0.2) is 75.3 Å². The van der Waals surface area contributed by atoms with Crippen LogP contribution in [0.4, 0.5) is 0 Å². The number of nitrogens with zero attached hydrogens (tertiary/aromatic N) is 2. The Balaban J connectivity index is 1.53. The number of carbonyl (C=O) groups excluding carboxylic acids is 2. The third-order valence-corrected chi connectivity index (χ3v) is 4.79. The molecule has 0 spiro atoms.